The standard InChI is InChI=1S/C34H34N2O6S/c1-22-30(21-43-29-16-14-26(15-17-29)32(38)39)41-33(42-31(22)25-12-10-24(20-37)11-13-25)27-8-5-9-28(18-27)36-34(40)35-19-23-6-3-2-4-7-23/h2-18,22,30-31,33,37H,19-21H2,1H3,(H,38,39)(H2,35,36,40). The van der Waals surface area contributed by atoms with E-state index in [1.807, 2.05) is 78.9 Å². The molecular formula is C34H34N2O6S. The first-order chi connectivity index (χ1) is 20.9. The zero-order chi connectivity index (χ0) is 30.2. The van der Waals surface area contributed by atoms with Gasteiger partial charge in [-0.25, -0.2) is 9.59 Å². The van der Waals surface area contributed by atoms with Crippen molar-refractivity contribution in [1.82, 2.24) is 5.32 Å². The van der Waals surface area contributed by atoms with E-state index in [1.54, 1.807) is 36.0 Å². The Morgan fingerprint density at radius 3 is 2.28 bits per heavy atom. The molecule has 4 atom stereocenters. The lowest BCUT2D eigenvalue weighted by Gasteiger charge is -2.41. The predicted molar refractivity (Wildman–Crippen MR) is 166 cm³/mol. The van der Waals surface area contributed by atoms with Gasteiger partial charge in [0.1, 0.15) is 0 Å². The number of carbonyl (C=O) groups excluding carboxylic acids is 1. The summed E-state index contributed by atoms with van der Waals surface area (Å²) in [6.45, 7) is 2.47. The Labute approximate surface area is 255 Å². The Balaban J connectivity index is 1.32. The minimum Gasteiger partial charge on any atom is -0.478 e. The molecule has 1 fully saturated rings. The molecule has 1 aliphatic rings. The predicted octanol–water partition coefficient (Wildman–Crippen LogP) is 6.78. The number of anilines is 1. The molecular weight excluding hydrogens is 564 g/mol. The zero-order valence-electron chi connectivity index (χ0n) is 23.7. The van der Waals surface area contributed by atoms with E-state index < -0.39 is 12.3 Å². The van der Waals surface area contributed by atoms with Crippen LogP contribution in [0.15, 0.2) is 108 Å². The van der Waals surface area contributed by atoms with Crippen molar-refractivity contribution in [3.8, 4) is 0 Å². The summed E-state index contributed by atoms with van der Waals surface area (Å²) in [4.78, 5) is 24.8. The minimum atomic E-state index is -0.957. The van der Waals surface area contributed by atoms with Gasteiger partial charge in [0.2, 0.25) is 0 Å². The molecule has 4 aromatic carbocycles. The van der Waals surface area contributed by atoms with Gasteiger partial charge in [-0.1, -0.05) is 73.7 Å². The summed E-state index contributed by atoms with van der Waals surface area (Å²) >= 11 is 1.59. The van der Waals surface area contributed by atoms with E-state index in [2.05, 4.69) is 17.6 Å². The van der Waals surface area contributed by atoms with E-state index in [0.29, 0.717) is 18.0 Å². The minimum absolute atomic E-state index is 0.00732. The lowest BCUT2D eigenvalue weighted by atomic mass is 9.91. The number of aliphatic hydroxyl groups excluding tert-OH is 1. The Morgan fingerprint density at radius 1 is 0.837 bits per heavy atom. The third-order valence-electron chi connectivity index (χ3n) is 7.35. The van der Waals surface area contributed by atoms with Gasteiger partial charge in [-0.2, -0.15) is 0 Å². The van der Waals surface area contributed by atoms with Crippen LogP contribution in [-0.2, 0) is 22.6 Å². The number of thioether (sulfide) groups is 1. The number of benzene rings is 4. The molecule has 8 nitrogen and oxygen atoms in total. The van der Waals surface area contributed by atoms with Crippen LogP contribution in [0.2, 0.25) is 0 Å². The molecule has 222 valence electrons. The first-order valence-corrected chi connectivity index (χ1v) is 15.0. The van der Waals surface area contributed by atoms with Crippen LogP contribution in [0.3, 0.4) is 0 Å². The number of aliphatic hydroxyl groups is 1. The topological polar surface area (TPSA) is 117 Å². The van der Waals surface area contributed by atoms with E-state index in [9.17, 15) is 19.8 Å². The van der Waals surface area contributed by atoms with Crippen molar-refractivity contribution in [1.29, 1.82) is 0 Å². The van der Waals surface area contributed by atoms with Crippen LogP contribution >= 0.6 is 11.8 Å². The fraction of sp³-hybridized carbons (Fsp3) is 0.235. The van der Waals surface area contributed by atoms with Crippen molar-refractivity contribution in [2.75, 3.05) is 11.1 Å². The lowest BCUT2D eigenvalue weighted by molar-refractivity contribution is -0.268. The van der Waals surface area contributed by atoms with E-state index in [-0.39, 0.29) is 36.3 Å². The second-order valence-electron chi connectivity index (χ2n) is 10.4. The zero-order valence-corrected chi connectivity index (χ0v) is 24.5. The SMILES string of the molecule is CC1C(CSc2ccc(C(=O)O)cc2)OC(c2cccc(NC(=O)NCc3ccccc3)c2)OC1c1ccc(CO)cc1. The molecule has 1 heterocycles. The highest BCUT2D eigenvalue weighted by Gasteiger charge is 2.38. The van der Waals surface area contributed by atoms with Crippen LogP contribution < -0.4 is 10.6 Å². The van der Waals surface area contributed by atoms with Gasteiger partial charge in [0.25, 0.3) is 0 Å². The maximum atomic E-state index is 12.6. The number of hydrogen-bond acceptors (Lipinski definition) is 6. The number of amides is 2. The number of carboxylic acid groups (broad SMARTS) is 1. The Kier molecular flexibility index (Phi) is 10.1. The number of rotatable bonds is 10. The van der Waals surface area contributed by atoms with Gasteiger partial charge in [-0.05, 0) is 53.1 Å². The average Bonchev–Trinajstić information content (AvgIpc) is 3.04. The number of nitrogens with one attached hydrogen (secondary N) is 2. The molecule has 0 aliphatic carbocycles. The van der Waals surface area contributed by atoms with Crippen LogP contribution in [0.5, 0.6) is 0 Å². The summed E-state index contributed by atoms with van der Waals surface area (Å²) in [6, 6.07) is 31.3. The van der Waals surface area contributed by atoms with E-state index in [4.69, 9.17) is 9.47 Å². The summed E-state index contributed by atoms with van der Waals surface area (Å²) in [5.74, 6) is -0.341. The number of carboxylic acids is 1. The molecule has 0 bridgehead atoms. The van der Waals surface area contributed by atoms with Crippen molar-refractivity contribution >= 4 is 29.4 Å². The Hall–Kier alpha value is -4.15. The lowest BCUT2D eigenvalue weighted by Crippen LogP contribution is -2.38. The van der Waals surface area contributed by atoms with Crippen molar-refractivity contribution in [2.45, 2.75) is 43.5 Å². The number of ether oxygens (including phenoxy) is 2. The van der Waals surface area contributed by atoms with Crippen LogP contribution in [-0.4, -0.2) is 34.1 Å². The van der Waals surface area contributed by atoms with Gasteiger partial charge >= 0.3 is 12.0 Å². The third kappa shape index (κ3) is 8.03. The second kappa shape index (κ2) is 14.3. The highest BCUT2D eigenvalue weighted by molar-refractivity contribution is 7.99. The Bertz CT molecular complexity index is 1510. The van der Waals surface area contributed by atoms with Crippen molar-refractivity contribution in [2.24, 2.45) is 5.92 Å². The fourth-order valence-corrected chi connectivity index (χ4v) is 5.97. The van der Waals surface area contributed by atoms with Crippen LogP contribution in [0, 0.1) is 5.92 Å². The monoisotopic (exact) mass is 598 g/mol. The molecule has 5 rings (SSSR count). The first kappa shape index (κ1) is 30.3. The summed E-state index contributed by atoms with van der Waals surface area (Å²) in [5.41, 5.74) is 4.43. The molecule has 43 heavy (non-hydrogen) atoms. The fourth-order valence-electron chi connectivity index (χ4n) is 4.90. The molecule has 9 heteroatoms. The molecule has 1 aliphatic heterocycles. The molecule has 4 aromatic rings. The molecule has 0 aromatic heterocycles. The smallest absolute Gasteiger partial charge is 0.335 e. The highest BCUT2D eigenvalue weighted by atomic mass is 32.2. The summed E-state index contributed by atoms with van der Waals surface area (Å²) in [7, 11) is 0. The maximum absolute atomic E-state index is 12.6. The molecule has 0 saturated carbocycles. The molecule has 1 saturated heterocycles. The number of aromatic carboxylic acids is 1. The van der Waals surface area contributed by atoms with Gasteiger partial charge in [-0.15, -0.1) is 11.8 Å². The number of hydrogen-bond donors (Lipinski definition) is 4. The van der Waals surface area contributed by atoms with Gasteiger partial charge in [0, 0.05) is 34.4 Å². The third-order valence-corrected chi connectivity index (χ3v) is 8.45. The molecule has 2 amide bonds. The van der Waals surface area contributed by atoms with Crippen molar-refractivity contribution in [3.05, 3.63) is 131 Å². The summed E-state index contributed by atoms with van der Waals surface area (Å²) < 4.78 is 13.1. The largest absolute Gasteiger partial charge is 0.478 e. The molecule has 0 radical (unpaired) electrons. The van der Waals surface area contributed by atoms with Crippen molar-refractivity contribution in [3.63, 3.8) is 0 Å². The van der Waals surface area contributed by atoms with Crippen molar-refractivity contribution < 1.29 is 29.3 Å². The van der Waals surface area contributed by atoms with Gasteiger partial charge in [-0.3, -0.25) is 0 Å². The average molecular weight is 599 g/mol. The molecule has 4 unspecified atom stereocenters. The van der Waals surface area contributed by atoms with Crippen LogP contribution in [0.1, 0.15) is 51.9 Å². The quantitative estimate of drug-likeness (QED) is 0.149. The molecule has 4 N–H and O–H groups in total. The first-order valence-electron chi connectivity index (χ1n) is 14.0. The van der Waals surface area contributed by atoms with E-state index >= 15 is 0 Å². The normalized spacial score (nSPS) is 19.9. The number of urea groups is 1. The Morgan fingerprint density at radius 2 is 1.58 bits per heavy atom. The van der Waals surface area contributed by atoms with Crippen LogP contribution in [0.4, 0.5) is 10.5 Å². The van der Waals surface area contributed by atoms with Gasteiger partial charge in [0.05, 0.1) is 24.4 Å². The second-order valence-corrected chi connectivity index (χ2v) is 11.5. The van der Waals surface area contributed by atoms with E-state index in [0.717, 1.165) is 27.1 Å². The molecule has 0 spiro atoms. The number of carbonyl (C=O) groups is 2. The summed E-state index contributed by atoms with van der Waals surface area (Å²) in [6.07, 6.45) is -1.17. The summed E-state index contributed by atoms with van der Waals surface area (Å²) in [5, 5.41) is 24.5. The van der Waals surface area contributed by atoms with Gasteiger partial charge in [0.15, 0.2) is 6.29 Å². The van der Waals surface area contributed by atoms with E-state index in [1.165, 1.54) is 0 Å². The maximum Gasteiger partial charge on any atom is 0.335 e. The highest BCUT2D eigenvalue weighted by Crippen LogP contribution is 2.43. The van der Waals surface area contributed by atoms with Crippen LogP contribution in [0.25, 0.3) is 0 Å². The van der Waals surface area contributed by atoms with Gasteiger partial charge < -0.3 is 30.3 Å².